The summed E-state index contributed by atoms with van der Waals surface area (Å²) >= 11 is 0. The van der Waals surface area contributed by atoms with E-state index in [1.54, 1.807) is 0 Å². The molecule has 3 aromatic rings. The molecule has 0 radical (unpaired) electrons. The van der Waals surface area contributed by atoms with Crippen molar-refractivity contribution in [3.05, 3.63) is 82.9 Å². The van der Waals surface area contributed by atoms with E-state index in [0.29, 0.717) is 11.6 Å². The molecule has 0 bridgehead atoms. The van der Waals surface area contributed by atoms with Crippen molar-refractivity contribution in [2.45, 2.75) is 18.8 Å². The van der Waals surface area contributed by atoms with E-state index in [2.05, 4.69) is 10.4 Å². The minimum Gasteiger partial charge on any atom is -0.352 e. The normalized spacial score (nSPS) is 12.1. The third-order valence-electron chi connectivity index (χ3n) is 4.31. The second kappa shape index (κ2) is 8.40. The molecule has 4 nitrogen and oxygen atoms in total. The first-order valence-corrected chi connectivity index (χ1v) is 8.83. The second-order valence-electron chi connectivity index (χ2n) is 6.48. The summed E-state index contributed by atoms with van der Waals surface area (Å²) in [6.07, 6.45) is -8.29. The number of nitrogens with zero attached hydrogens (tertiary/aromatic N) is 2. The number of halogens is 7. The highest BCUT2D eigenvalue weighted by atomic mass is 19.4. The predicted molar refractivity (Wildman–Crippen MR) is 96.0 cm³/mol. The topological polar surface area (TPSA) is 46.9 Å². The molecule has 0 atom stereocenters. The van der Waals surface area contributed by atoms with Crippen LogP contribution in [-0.4, -0.2) is 22.2 Å². The molecule has 0 spiro atoms. The zero-order valence-corrected chi connectivity index (χ0v) is 15.6. The molecule has 3 rings (SSSR count). The number of rotatable bonds is 5. The Kier molecular flexibility index (Phi) is 6.05. The summed E-state index contributed by atoms with van der Waals surface area (Å²) in [5, 5.41) is 5.63. The Balaban J connectivity index is 1.66. The first-order chi connectivity index (χ1) is 14.5. The van der Waals surface area contributed by atoms with Crippen LogP contribution < -0.4 is 5.32 Å². The van der Waals surface area contributed by atoms with Crippen LogP contribution in [0.25, 0.3) is 5.69 Å². The molecule has 1 amide bonds. The van der Waals surface area contributed by atoms with Gasteiger partial charge in [0.1, 0.15) is 11.5 Å². The molecule has 0 aliphatic carbocycles. The highest BCUT2D eigenvalue weighted by Gasteiger charge is 2.35. The molecule has 164 valence electrons. The van der Waals surface area contributed by atoms with Crippen LogP contribution in [0.15, 0.2) is 54.7 Å². The van der Waals surface area contributed by atoms with Crippen LogP contribution in [0.1, 0.15) is 27.2 Å². The number of carbonyl (C=O) groups excluding carboxylic acids is 1. The van der Waals surface area contributed by atoms with Gasteiger partial charge < -0.3 is 5.32 Å². The quantitative estimate of drug-likeness (QED) is 0.561. The van der Waals surface area contributed by atoms with Crippen LogP contribution >= 0.6 is 0 Å². The Morgan fingerprint density at radius 2 is 1.68 bits per heavy atom. The van der Waals surface area contributed by atoms with Crippen LogP contribution in [0.2, 0.25) is 0 Å². The summed E-state index contributed by atoms with van der Waals surface area (Å²) in [6.45, 7) is -0.0796. The van der Waals surface area contributed by atoms with E-state index in [-0.39, 0.29) is 18.7 Å². The van der Waals surface area contributed by atoms with Crippen LogP contribution in [0.4, 0.5) is 30.7 Å². The zero-order valence-electron chi connectivity index (χ0n) is 15.6. The zero-order chi connectivity index (χ0) is 22.8. The Bertz CT molecular complexity index is 1090. The molecule has 31 heavy (non-hydrogen) atoms. The average Bonchev–Trinajstić information content (AvgIpc) is 3.18. The molecule has 1 N–H and O–H groups in total. The molecule has 0 aliphatic rings. The first-order valence-electron chi connectivity index (χ1n) is 8.83. The van der Waals surface area contributed by atoms with Crippen LogP contribution in [0.3, 0.4) is 0 Å². The van der Waals surface area contributed by atoms with Crippen LogP contribution in [-0.2, 0) is 18.8 Å². The largest absolute Gasteiger partial charge is 0.435 e. The Labute approximate surface area is 171 Å². The van der Waals surface area contributed by atoms with Gasteiger partial charge in [0, 0.05) is 12.7 Å². The number of aromatic nitrogens is 2. The molecule has 1 aromatic heterocycles. The van der Waals surface area contributed by atoms with E-state index in [1.807, 2.05) is 0 Å². The molecule has 0 saturated carbocycles. The Morgan fingerprint density at radius 3 is 2.29 bits per heavy atom. The van der Waals surface area contributed by atoms with Crippen molar-refractivity contribution in [2.24, 2.45) is 0 Å². The fraction of sp³-hybridized carbons (Fsp3) is 0.200. The number of nitrogens with one attached hydrogen (secondary N) is 1. The summed E-state index contributed by atoms with van der Waals surface area (Å²) in [5.74, 6) is -1.77. The lowest BCUT2D eigenvalue weighted by molar-refractivity contribution is -0.141. The fourth-order valence-electron chi connectivity index (χ4n) is 2.84. The van der Waals surface area contributed by atoms with E-state index >= 15 is 0 Å². The van der Waals surface area contributed by atoms with Crippen molar-refractivity contribution in [3.63, 3.8) is 0 Å². The van der Waals surface area contributed by atoms with Crippen molar-refractivity contribution in [2.75, 3.05) is 6.54 Å². The van der Waals surface area contributed by atoms with Gasteiger partial charge in [0.25, 0.3) is 5.91 Å². The molecule has 0 fully saturated rings. The number of alkyl halides is 6. The van der Waals surface area contributed by atoms with Gasteiger partial charge in [0.05, 0.1) is 11.1 Å². The number of carbonyl (C=O) groups is 1. The van der Waals surface area contributed by atoms with Crippen molar-refractivity contribution in [1.29, 1.82) is 0 Å². The lowest BCUT2D eigenvalue weighted by Gasteiger charge is -2.13. The SMILES string of the molecule is O=C(NCCc1ccc(-n2ccc(C(F)(F)F)n2)c(F)c1)c1ccccc1C(F)(F)F. The van der Waals surface area contributed by atoms with Gasteiger partial charge in [-0.3, -0.25) is 4.79 Å². The Hall–Kier alpha value is -3.37. The van der Waals surface area contributed by atoms with E-state index in [1.165, 1.54) is 24.3 Å². The summed E-state index contributed by atoms with van der Waals surface area (Å²) in [6, 6.07) is 8.72. The van der Waals surface area contributed by atoms with Gasteiger partial charge in [-0.15, -0.1) is 0 Å². The average molecular weight is 445 g/mol. The van der Waals surface area contributed by atoms with E-state index in [9.17, 15) is 35.5 Å². The summed E-state index contributed by atoms with van der Waals surface area (Å²) in [4.78, 5) is 12.1. The smallest absolute Gasteiger partial charge is 0.352 e. The predicted octanol–water partition coefficient (Wildman–Crippen LogP) is 5.02. The Morgan fingerprint density at radius 1 is 0.968 bits per heavy atom. The van der Waals surface area contributed by atoms with Crippen LogP contribution in [0, 0.1) is 5.82 Å². The highest BCUT2D eigenvalue weighted by molar-refractivity contribution is 5.95. The van der Waals surface area contributed by atoms with Gasteiger partial charge in [-0.05, 0) is 42.3 Å². The van der Waals surface area contributed by atoms with Gasteiger partial charge in [-0.2, -0.15) is 31.4 Å². The van der Waals surface area contributed by atoms with Gasteiger partial charge in [0.15, 0.2) is 5.69 Å². The molecule has 0 aliphatic heterocycles. The maximum atomic E-state index is 14.3. The molecule has 0 unspecified atom stereocenters. The van der Waals surface area contributed by atoms with E-state index in [0.717, 1.165) is 29.1 Å². The maximum Gasteiger partial charge on any atom is 0.435 e. The first kappa shape index (κ1) is 22.3. The summed E-state index contributed by atoms with van der Waals surface area (Å²) in [5.41, 5.74) is -2.59. The number of hydrogen-bond donors (Lipinski definition) is 1. The van der Waals surface area contributed by atoms with Crippen molar-refractivity contribution in [3.8, 4) is 5.69 Å². The molecule has 1 heterocycles. The third-order valence-corrected chi connectivity index (χ3v) is 4.31. The lowest BCUT2D eigenvalue weighted by Crippen LogP contribution is -2.28. The summed E-state index contributed by atoms with van der Waals surface area (Å²) < 4.78 is 91.9. The van der Waals surface area contributed by atoms with Crippen molar-refractivity contribution < 1.29 is 35.5 Å². The molecule has 11 heteroatoms. The van der Waals surface area contributed by atoms with E-state index in [4.69, 9.17) is 0 Å². The highest BCUT2D eigenvalue weighted by Crippen LogP contribution is 2.32. The van der Waals surface area contributed by atoms with Gasteiger partial charge >= 0.3 is 12.4 Å². The van der Waals surface area contributed by atoms with Gasteiger partial charge in [-0.25, -0.2) is 9.07 Å². The fourth-order valence-corrected chi connectivity index (χ4v) is 2.84. The van der Waals surface area contributed by atoms with Crippen molar-refractivity contribution in [1.82, 2.24) is 15.1 Å². The summed E-state index contributed by atoms with van der Waals surface area (Å²) in [7, 11) is 0. The van der Waals surface area contributed by atoms with E-state index < -0.39 is 40.9 Å². The molecular formula is C20H14F7N3O. The molecular weight excluding hydrogens is 431 g/mol. The molecule has 0 saturated heterocycles. The van der Waals surface area contributed by atoms with Crippen LogP contribution in [0.5, 0.6) is 0 Å². The van der Waals surface area contributed by atoms with Gasteiger partial charge in [-0.1, -0.05) is 18.2 Å². The number of amides is 1. The third kappa shape index (κ3) is 5.22. The minimum absolute atomic E-state index is 0.0796. The van der Waals surface area contributed by atoms with Gasteiger partial charge in [0.2, 0.25) is 0 Å². The lowest BCUT2D eigenvalue weighted by atomic mass is 10.1. The second-order valence-corrected chi connectivity index (χ2v) is 6.48. The number of benzene rings is 2. The monoisotopic (exact) mass is 445 g/mol. The maximum absolute atomic E-state index is 14.3. The standard InChI is InChI=1S/C20H14F7N3O/c21-15-11-12(5-6-16(15)30-10-8-17(29-30)20(25,26)27)7-9-28-18(31)13-3-1-2-4-14(13)19(22,23)24/h1-6,8,10-11H,7,9H2,(H,28,31). The minimum atomic E-state index is -4.69. The van der Waals surface area contributed by atoms with Crippen molar-refractivity contribution >= 4 is 5.91 Å². The number of hydrogen-bond acceptors (Lipinski definition) is 2. The molecule has 2 aromatic carbocycles.